The van der Waals surface area contributed by atoms with Gasteiger partial charge in [-0.2, -0.15) is 0 Å². The smallest absolute Gasteiger partial charge is 0.264 e. The molecule has 3 aromatic rings. The highest BCUT2D eigenvalue weighted by Gasteiger charge is 2.34. The molecule has 3 aromatic carbocycles. The Morgan fingerprint density at radius 2 is 1.62 bits per heavy atom. The Bertz CT molecular complexity index is 1470. The molecule has 0 radical (unpaired) electrons. The maximum atomic E-state index is 14.2. The molecule has 0 spiro atoms. The van der Waals surface area contributed by atoms with Gasteiger partial charge in [0.05, 0.1) is 17.7 Å². The number of anilines is 1. The van der Waals surface area contributed by atoms with Crippen LogP contribution in [0.15, 0.2) is 77.7 Å². The standard InChI is InChI=1S/C33H41N3O5S/c1-5-31(33(38)34-27-10-6-7-11-27)35(22-26-15-17-29(41-4)18-16-26)32(37)23-36(28-12-8-9-25(3)21-28)42(39,40)30-19-13-24(2)14-20-30/h8-9,12-21,27,31H,5-7,10-11,22-23H2,1-4H3,(H,34,38)/t31-/m0/s1. The van der Waals surface area contributed by atoms with E-state index in [2.05, 4.69) is 5.32 Å². The molecule has 42 heavy (non-hydrogen) atoms. The summed E-state index contributed by atoms with van der Waals surface area (Å²) >= 11 is 0. The van der Waals surface area contributed by atoms with Crippen LogP contribution in [0.3, 0.4) is 0 Å². The average molecular weight is 592 g/mol. The van der Waals surface area contributed by atoms with Gasteiger partial charge in [-0.15, -0.1) is 0 Å². The summed E-state index contributed by atoms with van der Waals surface area (Å²) in [4.78, 5) is 29.4. The van der Waals surface area contributed by atoms with E-state index in [1.165, 1.54) is 4.90 Å². The van der Waals surface area contributed by atoms with Crippen molar-refractivity contribution in [2.75, 3.05) is 18.0 Å². The maximum absolute atomic E-state index is 14.2. The molecule has 0 aliphatic heterocycles. The topological polar surface area (TPSA) is 96.0 Å². The molecule has 1 aliphatic rings. The average Bonchev–Trinajstić information content (AvgIpc) is 3.49. The SMILES string of the molecule is CC[C@@H](C(=O)NC1CCCC1)N(Cc1ccc(OC)cc1)C(=O)CN(c1cccc(C)c1)S(=O)(=O)c1ccc(C)cc1. The van der Waals surface area contributed by atoms with Gasteiger partial charge in [0.25, 0.3) is 10.0 Å². The minimum Gasteiger partial charge on any atom is -0.497 e. The van der Waals surface area contributed by atoms with Gasteiger partial charge in [0.2, 0.25) is 11.8 Å². The lowest BCUT2D eigenvalue weighted by atomic mass is 10.1. The summed E-state index contributed by atoms with van der Waals surface area (Å²) in [6.45, 7) is 5.32. The fraction of sp³-hybridized carbons (Fsp3) is 0.394. The summed E-state index contributed by atoms with van der Waals surface area (Å²) in [6.07, 6.45) is 4.36. The Morgan fingerprint density at radius 1 is 0.952 bits per heavy atom. The molecule has 0 heterocycles. The molecular formula is C33H41N3O5S. The number of hydrogen-bond donors (Lipinski definition) is 1. The molecule has 0 unspecified atom stereocenters. The second kappa shape index (κ2) is 13.9. The van der Waals surface area contributed by atoms with Gasteiger partial charge in [-0.05, 0) is 80.6 Å². The molecule has 224 valence electrons. The second-order valence-electron chi connectivity index (χ2n) is 10.9. The number of amides is 2. The molecule has 8 nitrogen and oxygen atoms in total. The molecule has 1 N–H and O–H groups in total. The molecule has 1 aliphatic carbocycles. The van der Waals surface area contributed by atoms with Gasteiger partial charge in [-0.1, -0.05) is 61.7 Å². The number of carbonyl (C=O) groups excluding carboxylic acids is 2. The zero-order valence-electron chi connectivity index (χ0n) is 24.9. The van der Waals surface area contributed by atoms with Crippen molar-refractivity contribution in [3.8, 4) is 5.75 Å². The predicted octanol–water partition coefficient (Wildman–Crippen LogP) is 5.37. The monoisotopic (exact) mass is 591 g/mol. The van der Waals surface area contributed by atoms with Crippen molar-refractivity contribution in [2.45, 2.75) is 76.4 Å². The first kappa shape index (κ1) is 31.1. The Hall–Kier alpha value is -3.85. The Balaban J connectivity index is 1.71. The van der Waals surface area contributed by atoms with Gasteiger partial charge in [-0.3, -0.25) is 13.9 Å². The van der Waals surface area contributed by atoms with Crippen LogP contribution in [-0.4, -0.2) is 50.9 Å². The van der Waals surface area contributed by atoms with E-state index in [9.17, 15) is 18.0 Å². The van der Waals surface area contributed by atoms with Crippen LogP contribution in [0.1, 0.15) is 55.7 Å². The first-order chi connectivity index (χ1) is 20.1. The van der Waals surface area contributed by atoms with E-state index < -0.39 is 28.5 Å². The zero-order valence-corrected chi connectivity index (χ0v) is 25.7. The highest BCUT2D eigenvalue weighted by Crippen LogP contribution is 2.26. The lowest BCUT2D eigenvalue weighted by Crippen LogP contribution is -2.53. The Labute approximate surface area is 249 Å². The number of hydrogen-bond acceptors (Lipinski definition) is 5. The van der Waals surface area contributed by atoms with Crippen molar-refractivity contribution in [3.63, 3.8) is 0 Å². The van der Waals surface area contributed by atoms with Gasteiger partial charge < -0.3 is 15.0 Å². The molecule has 1 saturated carbocycles. The third kappa shape index (κ3) is 7.50. The van der Waals surface area contributed by atoms with Gasteiger partial charge in [0.15, 0.2) is 0 Å². The van der Waals surface area contributed by atoms with Crippen LogP contribution in [0, 0.1) is 13.8 Å². The summed E-state index contributed by atoms with van der Waals surface area (Å²) in [5, 5.41) is 3.14. The van der Waals surface area contributed by atoms with Gasteiger partial charge >= 0.3 is 0 Å². The maximum Gasteiger partial charge on any atom is 0.264 e. The molecule has 0 aromatic heterocycles. The highest BCUT2D eigenvalue weighted by atomic mass is 32.2. The summed E-state index contributed by atoms with van der Waals surface area (Å²) in [6, 6.07) is 20.3. The van der Waals surface area contributed by atoms with Crippen molar-refractivity contribution in [2.24, 2.45) is 0 Å². The van der Waals surface area contributed by atoms with Crippen molar-refractivity contribution >= 4 is 27.5 Å². The molecule has 0 saturated heterocycles. The highest BCUT2D eigenvalue weighted by molar-refractivity contribution is 7.92. The van der Waals surface area contributed by atoms with Crippen LogP contribution >= 0.6 is 0 Å². The normalized spacial score (nSPS) is 14.3. The molecule has 0 bridgehead atoms. The quantitative estimate of drug-likeness (QED) is 0.305. The molecule has 2 amide bonds. The number of benzene rings is 3. The molecule has 1 fully saturated rings. The van der Waals surface area contributed by atoms with E-state index in [0.29, 0.717) is 17.9 Å². The fourth-order valence-corrected chi connectivity index (χ4v) is 6.77. The minimum atomic E-state index is -4.10. The Morgan fingerprint density at radius 3 is 2.21 bits per heavy atom. The van der Waals surface area contributed by atoms with Gasteiger partial charge in [-0.25, -0.2) is 8.42 Å². The molecule has 9 heteroatoms. The summed E-state index contributed by atoms with van der Waals surface area (Å²) in [5.41, 5.74) is 2.98. The third-order valence-electron chi connectivity index (χ3n) is 7.78. The van der Waals surface area contributed by atoms with Crippen LogP contribution in [0.4, 0.5) is 5.69 Å². The largest absolute Gasteiger partial charge is 0.497 e. The van der Waals surface area contributed by atoms with Crippen LogP contribution in [0.2, 0.25) is 0 Å². The number of ether oxygens (including phenoxy) is 1. The lowest BCUT2D eigenvalue weighted by molar-refractivity contribution is -0.140. The molecule has 1 atom stereocenters. The number of aryl methyl sites for hydroxylation is 2. The summed E-state index contributed by atoms with van der Waals surface area (Å²) in [7, 11) is -2.52. The first-order valence-electron chi connectivity index (χ1n) is 14.5. The number of carbonyl (C=O) groups is 2. The van der Waals surface area contributed by atoms with E-state index >= 15 is 0 Å². The van der Waals surface area contributed by atoms with Crippen molar-refractivity contribution in [3.05, 3.63) is 89.5 Å². The van der Waals surface area contributed by atoms with E-state index in [4.69, 9.17) is 4.74 Å². The molecule has 4 rings (SSSR count). The van der Waals surface area contributed by atoms with Crippen molar-refractivity contribution in [1.29, 1.82) is 0 Å². The number of nitrogens with one attached hydrogen (secondary N) is 1. The van der Waals surface area contributed by atoms with E-state index in [-0.39, 0.29) is 23.4 Å². The third-order valence-corrected chi connectivity index (χ3v) is 9.57. The number of sulfonamides is 1. The summed E-state index contributed by atoms with van der Waals surface area (Å²) < 4.78 is 34.4. The van der Waals surface area contributed by atoms with Crippen LogP contribution in [0.5, 0.6) is 5.75 Å². The fourth-order valence-electron chi connectivity index (χ4n) is 5.36. The lowest BCUT2D eigenvalue weighted by Gasteiger charge is -2.34. The van der Waals surface area contributed by atoms with E-state index in [0.717, 1.165) is 46.7 Å². The van der Waals surface area contributed by atoms with Crippen LogP contribution in [0.25, 0.3) is 0 Å². The van der Waals surface area contributed by atoms with E-state index in [1.807, 2.05) is 39.0 Å². The van der Waals surface area contributed by atoms with Crippen LogP contribution in [-0.2, 0) is 26.2 Å². The van der Waals surface area contributed by atoms with Crippen LogP contribution < -0.4 is 14.4 Å². The van der Waals surface area contributed by atoms with E-state index in [1.54, 1.807) is 61.7 Å². The number of methoxy groups -OCH3 is 1. The first-order valence-corrected chi connectivity index (χ1v) is 15.9. The van der Waals surface area contributed by atoms with Crippen molar-refractivity contribution in [1.82, 2.24) is 10.2 Å². The minimum absolute atomic E-state index is 0.0927. The van der Waals surface area contributed by atoms with Gasteiger partial charge in [0, 0.05) is 12.6 Å². The predicted molar refractivity (Wildman–Crippen MR) is 165 cm³/mol. The van der Waals surface area contributed by atoms with Gasteiger partial charge in [0.1, 0.15) is 18.3 Å². The second-order valence-corrected chi connectivity index (χ2v) is 12.8. The summed E-state index contributed by atoms with van der Waals surface area (Å²) in [5.74, 6) is 0.00338. The zero-order chi connectivity index (χ0) is 30.3. The number of rotatable bonds is 12. The number of nitrogens with zero attached hydrogens (tertiary/aromatic N) is 2. The molecular weight excluding hydrogens is 550 g/mol. The Kier molecular flexibility index (Phi) is 10.3. The van der Waals surface area contributed by atoms with Crippen molar-refractivity contribution < 1.29 is 22.7 Å².